The average molecular weight is 358 g/mol. The van der Waals surface area contributed by atoms with Crippen LogP contribution in [-0.2, 0) is 9.53 Å². The number of carbonyl (C=O) groups is 3. The van der Waals surface area contributed by atoms with E-state index in [0.29, 0.717) is 57.7 Å². The molecule has 0 radical (unpaired) electrons. The van der Waals surface area contributed by atoms with Crippen LogP contribution in [0, 0.1) is 5.92 Å². The number of carbonyl (C=O) groups excluding carboxylic acids is 3. The van der Waals surface area contributed by atoms with Gasteiger partial charge in [-0.25, -0.2) is 4.79 Å². The van der Waals surface area contributed by atoms with Crippen LogP contribution in [0.4, 0.5) is 4.79 Å². The lowest BCUT2D eigenvalue weighted by molar-refractivity contribution is -0.139. The van der Waals surface area contributed by atoms with Crippen LogP contribution in [0.15, 0.2) is 24.5 Å². The molecule has 0 aliphatic carbocycles. The Bertz CT molecular complexity index is 702. The van der Waals surface area contributed by atoms with E-state index in [9.17, 15) is 14.4 Å². The smallest absolute Gasteiger partial charge is 0.410 e. The second-order valence-corrected chi connectivity index (χ2v) is 7.01. The first-order valence-electron chi connectivity index (χ1n) is 9.05. The molecule has 138 valence electrons. The van der Waals surface area contributed by atoms with E-state index in [-0.39, 0.29) is 29.9 Å². The number of fused-ring (bicyclic) bond motifs is 1. The Morgan fingerprint density at radius 2 is 1.77 bits per heavy atom. The summed E-state index contributed by atoms with van der Waals surface area (Å²) in [6.07, 6.45) is 4.30. The predicted molar refractivity (Wildman–Crippen MR) is 91.3 cm³/mol. The highest BCUT2D eigenvalue weighted by atomic mass is 16.6. The maximum Gasteiger partial charge on any atom is 0.410 e. The second-order valence-electron chi connectivity index (χ2n) is 7.01. The van der Waals surface area contributed by atoms with Crippen molar-refractivity contribution in [1.82, 2.24) is 19.7 Å². The van der Waals surface area contributed by atoms with Crippen molar-refractivity contribution in [2.75, 3.05) is 39.3 Å². The second kappa shape index (κ2) is 6.93. The van der Waals surface area contributed by atoms with E-state index in [0.717, 1.165) is 0 Å². The van der Waals surface area contributed by atoms with Gasteiger partial charge >= 0.3 is 6.09 Å². The van der Waals surface area contributed by atoms with E-state index in [4.69, 9.17) is 4.74 Å². The van der Waals surface area contributed by atoms with Crippen molar-refractivity contribution in [3.63, 3.8) is 0 Å². The Hall–Kier alpha value is -2.64. The summed E-state index contributed by atoms with van der Waals surface area (Å²) >= 11 is 0. The normalized spacial score (nSPS) is 23.6. The first-order chi connectivity index (χ1) is 12.6. The minimum Gasteiger partial charge on any atom is -0.447 e. The van der Waals surface area contributed by atoms with Gasteiger partial charge in [-0.05, 0) is 25.0 Å². The molecule has 3 fully saturated rings. The van der Waals surface area contributed by atoms with Gasteiger partial charge in [0.15, 0.2) is 0 Å². The summed E-state index contributed by atoms with van der Waals surface area (Å²) in [6.45, 7) is 3.17. The number of pyridine rings is 1. The SMILES string of the molecule is O=C(c1ccncc1)N1CCC(C(=O)N2CCN3C(=O)OC[C@H]3C2)CC1. The molecule has 3 aliphatic heterocycles. The number of hydrogen-bond donors (Lipinski definition) is 0. The fraction of sp³-hybridized carbons (Fsp3) is 0.556. The Morgan fingerprint density at radius 3 is 2.50 bits per heavy atom. The average Bonchev–Trinajstić information content (AvgIpc) is 3.08. The molecule has 4 rings (SSSR count). The van der Waals surface area contributed by atoms with Crippen LogP contribution >= 0.6 is 0 Å². The molecule has 1 aromatic rings. The zero-order chi connectivity index (χ0) is 18.1. The highest BCUT2D eigenvalue weighted by Crippen LogP contribution is 2.24. The van der Waals surface area contributed by atoms with Crippen molar-refractivity contribution in [1.29, 1.82) is 0 Å². The summed E-state index contributed by atoms with van der Waals surface area (Å²) < 4.78 is 5.06. The number of cyclic esters (lactones) is 1. The Kier molecular flexibility index (Phi) is 4.48. The summed E-state index contributed by atoms with van der Waals surface area (Å²) in [5.74, 6) is 0.0783. The highest BCUT2D eigenvalue weighted by Gasteiger charge is 2.40. The predicted octanol–water partition coefficient (Wildman–Crippen LogP) is 0.597. The molecule has 3 saturated heterocycles. The molecular weight excluding hydrogens is 336 g/mol. The number of hydrogen-bond acceptors (Lipinski definition) is 5. The minimum atomic E-state index is -0.273. The van der Waals surface area contributed by atoms with E-state index < -0.39 is 0 Å². The molecule has 1 aromatic heterocycles. The molecule has 4 heterocycles. The van der Waals surface area contributed by atoms with Crippen molar-refractivity contribution < 1.29 is 19.1 Å². The molecule has 8 nitrogen and oxygen atoms in total. The maximum absolute atomic E-state index is 12.8. The van der Waals surface area contributed by atoms with Crippen LogP contribution in [0.3, 0.4) is 0 Å². The summed E-state index contributed by atoms with van der Waals surface area (Å²) in [4.78, 5) is 46.2. The summed E-state index contributed by atoms with van der Waals surface area (Å²) in [7, 11) is 0. The van der Waals surface area contributed by atoms with Crippen molar-refractivity contribution in [3.8, 4) is 0 Å². The summed E-state index contributed by atoms with van der Waals surface area (Å²) in [5.41, 5.74) is 0.631. The fourth-order valence-electron chi connectivity index (χ4n) is 3.95. The maximum atomic E-state index is 12.8. The van der Waals surface area contributed by atoms with Gasteiger partial charge in [-0.1, -0.05) is 0 Å². The zero-order valence-electron chi connectivity index (χ0n) is 14.5. The van der Waals surface area contributed by atoms with Crippen molar-refractivity contribution in [2.24, 2.45) is 5.92 Å². The van der Waals surface area contributed by atoms with Gasteiger partial charge in [-0.3, -0.25) is 19.5 Å². The molecule has 8 heteroatoms. The van der Waals surface area contributed by atoms with E-state index in [1.165, 1.54) is 0 Å². The van der Waals surface area contributed by atoms with Gasteiger partial charge in [0, 0.05) is 56.6 Å². The quantitative estimate of drug-likeness (QED) is 0.773. The number of aromatic nitrogens is 1. The Morgan fingerprint density at radius 1 is 1.04 bits per heavy atom. The van der Waals surface area contributed by atoms with Gasteiger partial charge in [0.05, 0.1) is 6.04 Å². The summed E-state index contributed by atoms with van der Waals surface area (Å²) in [6, 6.07) is 3.40. The van der Waals surface area contributed by atoms with Crippen LogP contribution in [0.5, 0.6) is 0 Å². The molecular formula is C18H22N4O4. The third-order valence-corrected chi connectivity index (χ3v) is 5.49. The van der Waals surface area contributed by atoms with Crippen LogP contribution in [0.2, 0.25) is 0 Å². The summed E-state index contributed by atoms with van der Waals surface area (Å²) in [5, 5.41) is 0. The third-order valence-electron chi connectivity index (χ3n) is 5.49. The van der Waals surface area contributed by atoms with Crippen LogP contribution < -0.4 is 0 Å². The molecule has 0 spiro atoms. The molecule has 26 heavy (non-hydrogen) atoms. The van der Waals surface area contributed by atoms with E-state index in [2.05, 4.69) is 4.98 Å². The number of rotatable bonds is 2. The van der Waals surface area contributed by atoms with Gasteiger partial charge < -0.3 is 14.5 Å². The molecule has 0 bridgehead atoms. The zero-order valence-corrected chi connectivity index (χ0v) is 14.5. The monoisotopic (exact) mass is 358 g/mol. The molecule has 0 unspecified atom stereocenters. The lowest BCUT2D eigenvalue weighted by Gasteiger charge is -2.39. The van der Waals surface area contributed by atoms with Gasteiger partial charge in [0.2, 0.25) is 5.91 Å². The van der Waals surface area contributed by atoms with Crippen molar-refractivity contribution >= 4 is 17.9 Å². The molecule has 1 atom stereocenters. The fourth-order valence-corrected chi connectivity index (χ4v) is 3.95. The lowest BCUT2D eigenvalue weighted by Crippen LogP contribution is -2.55. The topological polar surface area (TPSA) is 83.1 Å². The lowest BCUT2D eigenvalue weighted by atomic mass is 9.94. The van der Waals surface area contributed by atoms with Gasteiger partial charge in [-0.2, -0.15) is 0 Å². The minimum absolute atomic E-state index is 0.00599. The number of ether oxygens (including phenoxy) is 1. The molecule has 3 aliphatic rings. The third kappa shape index (κ3) is 3.11. The number of piperazine rings is 1. The van der Waals surface area contributed by atoms with E-state index >= 15 is 0 Å². The van der Waals surface area contributed by atoms with Crippen molar-refractivity contribution in [2.45, 2.75) is 18.9 Å². The van der Waals surface area contributed by atoms with Gasteiger partial charge in [0.25, 0.3) is 5.91 Å². The number of piperidine rings is 1. The molecule has 3 amide bonds. The van der Waals surface area contributed by atoms with Crippen LogP contribution in [-0.4, -0.2) is 83.0 Å². The van der Waals surface area contributed by atoms with E-state index in [1.54, 1.807) is 34.3 Å². The number of nitrogens with zero attached hydrogens (tertiary/aromatic N) is 4. The van der Waals surface area contributed by atoms with E-state index in [1.807, 2.05) is 4.90 Å². The molecule has 0 N–H and O–H groups in total. The highest BCUT2D eigenvalue weighted by molar-refractivity contribution is 5.94. The Labute approximate surface area is 151 Å². The molecule has 0 saturated carbocycles. The standard InChI is InChI=1S/C18H22N4O4/c23-16(13-1-5-19-6-2-13)20-7-3-14(4-8-20)17(24)21-9-10-22-15(11-21)12-26-18(22)25/h1-2,5-6,14-15H,3-4,7-12H2/t15-/m1/s1. The number of amides is 3. The van der Waals surface area contributed by atoms with Crippen molar-refractivity contribution in [3.05, 3.63) is 30.1 Å². The van der Waals surface area contributed by atoms with Crippen LogP contribution in [0.1, 0.15) is 23.2 Å². The van der Waals surface area contributed by atoms with Crippen LogP contribution in [0.25, 0.3) is 0 Å². The number of likely N-dealkylation sites (tertiary alicyclic amines) is 1. The largest absolute Gasteiger partial charge is 0.447 e. The first kappa shape index (κ1) is 16.8. The van der Waals surface area contributed by atoms with Gasteiger partial charge in [-0.15, -0.1) is 0 Å². The first-order valence-corrected chi connectivity index (χ1v) is 9.05. The Balaban J connectivity index is 1.31. The molecule has 0 aromatic carbocycles. The van der Waals surface area contributed by atoms with Gasteiger partial charge in [0.1, 0.15) is 6.61 Å².